The van der Waals surface area contributed by atoms with Crippen molar-refractivity contribution >= 4 is 13.2 Å². The Bertz CT molecular complexity index is 361. The first kappa shape index (κ1) is 16.6. The second-order valence-corrected chi connectivity index (χ2v) is 6.69. The molecule has 108 valence electrons. The molecule has 0 unspecified atom stereocenters. The number of aryl methyl sites for hydroxylation is 1. The molecule has 1 aromatic rings. The minimum atomic E-state index is -3.88. The zero-order chi connectivity index (χ0) is 14.1. The van der Waals surface area contributed by atoms with Crippen LogP contribution in [0.1, 0.15) is 57.4 Å². The summed E-state index contributed by atoms with van der Waals surface area (Å²) in [6.07, 6.45) is 9.40. The van der Waals surface area contributed by atoms with Gasteiger partial charge in [-0.1, -0.05) is 63.6 Å². The van der Waals surface area contributed by atoms with E-state index in [9.17, 15) is 14.7 Å². The van der Waals surface area contributed by atoms with Crippen molar-refractivity contribution in [2.45, 2.75) is 58.3 Å². The highest BCUT2D eigenvalue weighted by atomic mass is 31.2. The van der Waals surface area contributed by atoms with Gasteiger partial charge in [-0.15, -0.1) is 0 Å². The Morgan fingerprint density at radius 2 is 1.42 bits per heavy atom. The SMILES string of the molecule is CCCCCCCCCc1ccccc1[P+](O)(O)O. The molecule has 0 atom stereocenters. The Hall–Kier alpha value is -0.470. The quantitative estimate of drug-likeness (QED) is 0.481. The minimum Gasteiger partial charge on any atom is -0.189 e. The smallest absolute Gasteiger partial charge is 0.189 e. The zero-order valence-corrected chi connectivity index (χ0v) is 12.6. The Balaban J connectivity index is 2.33. The first-order valence-corrected chi connectivity index (χ1v) is 8.86. The summed E-state index contributed by atoms with van der Waals surface area (Å²) in [5, 5.41) is 0.306. The van der Waals surface area contributed by atoms with Crippen LogP contribution in [-0.4, -0.2) is 14.7 Å². The van der Waals surface area contributed by atoms with E-state index in [1.165, 1.54) is 32.1 Å². The van der Waals surface area contributed by atoms with Gasteiger partial charge in [0, 0.05) is 5.56 Å². The van der Waals surface area contributed by atoms with E-state index >= 15 is 0 Å². The highest BCUT2D eigenvalue weighted by molar-refractivity contribution is 7.66. The number of hydrogen-bond donors (Lipinski definition) is 3. The summed E-state index contributed by atoms with van der Waals surface area (Å²) >= 11 is 0. The summed E-state index contributed by atoms with van der Waals surface area (Å²) in [6, 6.07) is 7.06. The Morgan fingerprint density at radius 1 is 0.842 bits per heavy atom. The van der Waals surface area contributed by atoms with E-state index in [4.69, 9.17) is 0 Å². The van der Waals surface area contributed by atoms with Crippen LogP contribution in [0.4, 0.5) is 0 Å². The van der Waals surface area contributed by atoms with Crippen LogP contribution in [0.25, 0.3) is 0 Å². The first-order chi connectivity index (χ1) is 9.05. The fourth-order valence-electron chi connectivity index (χ4n) is 2.29. The number of unbranched alkanes of at least 4 members (excludes halogenated alkanes) is 6. The van der Waals surface area contributed by atoms with E-state index in [1.807, 2.05) is 12.1 Å². The molecule has 0 bridgehead atoms. The molecule has 0 radical (unpaired) electrons. The third-order valence-corrected chi connectivity index (χ3v) is 4.45. The first-order valence-electron chi connectivity index (χ1n) is 7.21. The van der Waals surface area contributed by atoms with Gasteiger partial charge in [-0.3, -0.25) is 0 Å². The van der Waals surface area contributed by atoms with Crippen LogP contribution >= 0.6 is 7.94 Å². The topological polar surface area (TPSA) is 60.7 Å². The van der Waals surface area contributed by atoms with Crippen LogP contribution in [0.3, 0.4) is 0 Å². The molecule has 3 nitrogen and oxygen atoms in total. The van der Waals surface area contributed by atoms with Crippen LogP contribution < -0.4 is 5.30 Å². The standard InChI is InChI=1S/C15H26O3P/c1-2-3-4-5-6-7-8-11-14-12-9-10-13-15(14)19(16,17)18/h9-10,12-13,16-18H,2-8,11H2,1H3/q+1. The van der Waals surface area contributed by atoms with E-state index in [0.29, 0.717) is 5.30 Å². The Morgan fingerprint density at radius 3 is 2.05 bits per heavy atom. The van der Waals surface area contributed by atoms with E-state index in [2.05, 4.69) is 6.92 Å². The molecule has 1 rings (SSSR count). The van der Waals surface area contributed by atoms with E-state index in [0.717, 1.165) is 24.8 Å². The molecular weight excluding hydrogens is 259 g/mol. The molecule has 0 amide bonds. The van der Waals surface area contributed by atoms with Crippen molar-refractivity contribution in [1.82, 2.24) is 0 Å². The predicted octanol–water partition coefficient (Wildman–Crippen LogP) is 3.34. The van der Waals surface area contributed by atoms with E-state index < -0.39 is 7.94 Å². The van der Waals surface area contributed by atoms with Crippen molar-refractivity contribution in [3.63, 3.8) is 0 Å². The van der Waals surface area contributed by atoms with Crippen molar-refractivity contribution in [2.75, 3.05) is 0 Å². The maximum atomic E-state index is 9.39. The van der Waals surface area contributed by atoms with Crippen LogP contribution in [0, 0.1) is 0 Å². The average Bonchev–Trinajstić information content (AvgIpc) is 2.37. The second kappa shape index (κ2) is 8.65. The summed E-state index contributed by atoms with van der Waals surface area (Å²) in [5.41, 5.74) is 0.858. The number of benzene rings is 1. The molecule has 0 heterocycles. The van der Waals surface area contributed by atoms with Gasteiger partial charge < -0.3 is 0 Å². The van der Waals surface area contributed by atoms with Gasteiger partial charge in [0.05, 0.1) is 0 Å². The summed E-state index contributed by atoms with van der Waals surface area (Å²) in [7, 11) is -3.88. The van der Waals surface area contributed by atoms with Crippen molar-refractivity contribution in [2.24, 2.45) is 0 Å². The lowest BCUT2D eigenvalue weighted by molar-refractivity contribution is 0.346. The molecule has 4 heteroatoms. The van der Waals surface area contributed by atoms with Gasteiger partial charge in [0.2, 0.25) is 0 Å². The van der Waals surface area contributed by atoms with Crippen molar-refractivity contribution in [3.8, 4) is 0 Å². The molecule has 0 aliphatic heterocycles. The third kappa shape index (κ3) is 6.49. The minimum absolute atomic E-state index is 0.306. The molecule has 0 aromatic heterocycles. The number of rotatable bonds is 9. The fourth-order valence-corrected chi connectivity index (χ4v) is 3.15. The maximum Gasteiger partial charge on any atom is 0.441 e. The van der Waals surface area contributed by atoms with Crippen LogP contribution in [-0.2, 0) is 6.42 Å². The molecule has 0 spiro atoms. The Kier molecular flexibility index (Phi) is 7.55. The normalized spacial score (nSPS) is 11.8. The maximum absolute atomic E-state index is 9.39. The van der Waals surface area contributed by atoms with Gasteiger partial charge in [-0.25, -0.2) is 0 Å². The van der Waals surface area contributed by atoms with Crippen LogP contribution in [0.15, 0.2) is 24.3 Å². The fraction of sp³-hybridized carbons (Fsp3) is 0.600. The third-order valence-electron chi connectivity index (χ3n) is 3.36. The van der Waals surface area contributed by atoms with Gasteiger partial charge in [0.15, 0.2) is 5.30 Å². The van der Waals surface area contributed by atoms with Crippen molar-refractivity contribution in [1.29, 1.82) is 0 Å². The molecule has 0 aliphatic carbocycles. The highest BCUT2D eigenvalue weighted by Gasteiger charge is 2.36. The van der Waals surface area contributed by atoms with Gasteiger partial charge in [0.1, 0.15) is 0 Å². The van der Waals surface area contributed by atoms with Crippen LogP contribution in [0.2, 0.25) is 0 Å². The second-order valence-electron chi connectivity index (χ2n) is 5.07. The largest absolute Gasteiger partial charge is 0.441 e. The summed E-state index contributed by atoms with van der Waals surface area (Å²) in [6.45, 7) is 2.21. The lowest BCUT2D eigenvalue weighted by Gasteiger charge is -2.09. The van der Waals surface area contributed by atoms with Gasteiger partial charge in [-0.05, 0) is 18.9 Å². The molecule has 0 fully saturated rings. The molecule has 1 aromatic carbocycles. The molecular formula is C15H26O3P+. The average molecular weight is 285 g/mol. The number of hydrogen-bond acceptors (Lipinski definition) is 3. The lowest BCUT2D eigenvalue weighted by Crippen LogP contribution is -2.15. The van der Waals surface area contributed by atoms with E-state index in [1.54, 1.807) is 12.1 Å². The molecule has 3 N–H and O–H groups in total. The van der Waals surface area contributed by atoms with Gasteiger partial charge in [-0.2, -0.15) is 14.7 Å². The summed E-state index contributed by atoms with van der Waals surface area (Å²) in [5.74, 6) is 0. The summed E-state index contributed by atoms with van der Waals surface area (Å²) < 4.78 is 0. The molecule has 19 heavy (non-hydrogen) atoms. The molecule has 0 aliphatic rings. The van der Waals surface area contributed by atoms with Crippen LogP contribution in [0.5, 0.6) is 0 Å². The van der Waals surface area contributed by atoms with Gasteiger partial charge in [0.25, 0.3) is 0 Å². The van der Waals surface area contributed by atoms with E-state index in [-0.39, 0.29) is 0 Å². The molecule has 0 saturated heterocycles. The van der Waals surface area contributed by atoms with Crippen molar-refractivity contribution < 1.29 is 14.7 Å². The predicted molar refractivity (Wildman–Crippen MR) is 81.3 cm³/mol. The Labute approximate surface area is 116 Å². The lowest BCUT2D eigenvalue weighted by atomic mass is 10.0. The zero-order valence-electron chi connectivity index (χ0n) is 11.8. The summed E-state index contributed by atoms with van der Waals surface area (Å²) in [4.78, 5) is 28.2. The molecule has 0 saturated carbocycles. The monoisotopic (exact) mass is 285 g/mol. The highest BCUT2D eigenvalue weighted by Crippen LogP contribution is 2.44. The van der Waals surface area contributed by atoms with Crippen molar-refractivity contribution in [3.05, 3.63) is 29.8 Å². The van der Waals surface area contributed by atoms with Gasteiger partial charge >= 0.3 is 7.94 Å².